The Morgan fingerprint density at radius 2 is 1.95 bits per heavy atom. The normalized spacial score (nSPS) is 17.1. The molecule has 0 atom stereocenters. The summed E-state index contributed by atoms with van der Waals surface area (Å²) in [5.41, 5.74) is 0. The standard InChI is InChI=1S/C14H25N5O2S/c1-3-4-10-18(2)22(20,21)17-13-6-11-19(12-7-13)14-15-8-5-9-16-14/h5,8-9,13,17H,3-4,6-7,10-12H2,1-2H3. The smallest absolute Gasteiger partial charge is 0.279 e. The molecular formula is C14H25N5O2S. The molecular weight excluding hydrogens is 302 g/mol. The van der Waals surface area contributed by atoms with Gasteiger partial charge < -0.3 is 4.90 Å². The van der Waals surface area contributed by atoms with Crippen LogP contribution in [0.5, 0.6) is 0 Å². The fraction of sp³-hybridized carbons (Fsp3) is 0.714. The van der Waals surface area contributed by atoms with Crippen LogP contribution >= 0.6 is 0 Å². The molecule has 124 valence electrons. The summed E-state index contributed by atoms with van der Waals surface area (Å²) >= 11 is 0. The van der Waals surface area contributed by atoms with Gasteiger partial charge >= 0.3 is 0 Å². The highest BCUT2D eigenvalue weighted by atomic mass is 32.2. The van der Waals surface area contributed by atoms with Crippen LogP contribution in [0.3, 0.4) is 0 Å². The quantitative estimate of drug-likeness (QED) is 0.809. The molecule has 1 saturated heterocycles. The van der Waals surface area contributed by atoms with Crippen LogP contribution in [0.2, 0.25) is 0 Å². The molecule has 1 aromatic rings. The zero-order valence-electron chi connectivity index (χ0n) is 13.3. The lowest BCUT2D eigenvalue weighted by molar-refractivity contribution is 0.413. The number of hydrogen-bond acceptors (Lipinski definition) is 5. The van der Waals surface area contributed by atoms with E-state index in [9.17, 15) is 8.42 Å². The predicted octanol–water partition coefficient (Wildman–Crippen LogP) is 1.01. The third-order valence-corrected chi connectivity index (χ3v) is 5.52. The highest BCUT2D eigenvalue weighted by Crippen LogP contribution is 2.16. The van der Waals surface area contributed by atoms with E-state index in [1.165, 1.54) is 4.31 Å². The highest BCUT2D eigenvalue weighted by Gasteiger charge is 2.26. The topological polar surface area (TPSA) is 78.4 Å². The van der Waals surface area contributed by atoms with Gasteiger partial charge in [0.2, 0.25) is 5.95 Å². The Kier molecular flexibility index (Phi) is 6.10. The summed E-state index contributed by atoms with van der Waals surface area (Å²) in [4.78, 5) is 10.6. The lowest BCUT2D eigenvalue weighted by Crippen LogP contribution is -2.49. The SMILES string of the molecule is CCCCN(C)S(=O)(=O)NC1CCN(c2ncccn2)CC1. The molecule has 1 N–H and O–H groups in total. The Hall–Kier alpha value is -1.25. The van der Waals surface area contributed by atoms with Crippen molar-refractivity contribution in [3.8, 4) is 0 Å². The maximum atomic E-state index is 12.2. The third kappa shape index (κ3) is 4.62. The van der Waals surface area contributed by atoms with E-state index in [0.717, 1.165) is 38.8 Å². The van der Waals surface area contributed by atoms with E-state index in [0.29, 0.717) is 12.5 Å². The fourth-order valence-electron chi connectivity index (χ4n) is 2.45. The second-order valence-corrected chi connectivity index (χ2v) is 7.42. The van der Waals surface area contributed by atoms with Crippen molar-refractivity contribution in [2.45, 2.75) is 38.6 Å². The average molecular weight is 327 g/mol. The van der Waals surface area contributed by atoms with Gasteiger partial charge in [0.25, 0.3) is 10.2 Å². The van der Waals surface area contributed by atoms with Gasteiger partial charge in [-0.2, -0.15) is 17.4 Å². The first-order valence-corrected chi connectivity index (χ1v) is 9.22. The van der Waals surface area contributed by atoms with Crippen molar-refractivity contribution in [1.82, 2.24) is 19.0 Å². The predicted molar refractivity (Wildman–Crippen MR) is 86.9 cm³/mol. The molecule has 8 heteroatoms. The van der Waals surface area contributed by atoms with Crippen LogP contribution < -0.4 is 9.62 Å². The van der Waals surface area contributed by atoms with E-state index in [2.05, 4.69) is 26.5 Å². The largest absolute Gasteiger partial charge is 0.341 e. The number of piperidine rings is 1. The van der Waals surface area contributed by atoms with Crippen LogP contribution in [-0.4, -0.2) is 55.4 Å². The summed E-state index contributed by atoms with van der Waals surface area (Å²) in [6.07, 6.45) is 6.83. The Morgan fingerprint density at radius 1 is 1.32 bits per heavy atom. The average Bonchev–Trinajstić information content (AvgIpc) is 2.53. The number of unbranched alkanes of at least 4 members (excludes halogenated alkanes) is 1. The van der Waals surface area contributed by atoms with Crippen LogP contribution in [-0.2, 0) is 10.2 Å². The Balaban J connectivity index is 1.84. The van der Waals surface area contributed by atoms with Gasteiger partial charge in [0.05, 0.1) is 0 Å². The van der Waals surface area contributed by atoms with Gasteiger partial charge in [-0.1, -0.05) is 13.3 Å². The summed E-state index contributed by atoms with van der Waals surface area (Å²) in [5.74, 6) is 0.712. The van der Waals surface area contributed by atoms with Gasteiger partial charge in [-0.25, -0.2) is 9.97 Å². The summed E-state index contributed by atoms with van der Waals surface area (Å²) in [5, 5.41) is 0. The minimum atomic E-state index is -3.38. The molecule has 0 radical (unpaired) electrons. The molecule has 0 spiro atoms. The maximum Gasteiger partial charge on any atom is 0.279 e. The van der Waals surface area contributed by atoms with Crippen molar-refractivity contribution in [3.05, 3.63) is 18.5 Å². The van der Waals surface area contributed by atoms with Gasteiger partial charge in [-0.05, 0) is 25.3 Å². The Bertz CT molecular complexity index is 544. The van der Waals surface area contributed by atoms with Crippen molar-refractivity contribution in [1.29, 1.82) is 0 Å². The van der Waals surface area contributed by atoms with E-state index < -0.39 is 10.2 Å². The minimum Gasteiger partial charge on any atom is -0.341 e. The van der Waals surface area contributed by atoms with Crippen LogP contribution in [0, 0.1) is 0 Å². The first-order chi connectivity index (χ1) is 10.5. The molecule has 0 aliphatic carbocycles. The van der Waals surface area contributed by atoms with Crippen LogP contribution in [0.25, 0.3) is 0 Å². The second kappa shape index (κ2) is 7.85. The summed E-state index contributed by atoms with van der Waals surface area (Å²) in [6, 6.07) is 1.77. The van der Waals surface area contributed by atoms with Crippen molar-refractivity contribution in [3.63, 3.8) is 0 Å². The van der Waals surface area contributed by atoms with Gasteiger partial charge in [-0.15, -0.1) is 0 Å². The number of hydrogen-bond donors (Lipinski definition) is 1. The van der Waals surface area contributed by atoms with E-state index in [1.54, 1.807) is 25.5 Å². The maximum absolute atomic E-state index is 12.2. The Labute approximate surface area is 132 Å². The van der Waals surface area contributed by atoms with Gasteiger partial charge in [0.1, 0.15) is 0 Å². The van der Waals surface area contributed by atoms with E-state index in [1.807, 2.05) is 0 Å². The molecule has 7 nitrogen and oxygen atoms in total. The van der Waals surface area contributed by atoms with E-state index in [-0.39, 0.29) is 6.04 Å². The van der Waals surface area contributed by atoms with Crippen LogP contribution in [0.15, 0.2) is 18.5 Å². The molecule has 2 rings (SSSR count). The number of nitrogens with zero attached hydrogens (tertiary/aromatic N) is 4. The number of rotatable bonds is 7. The zero-order chi connectivity index (χ0) is 16.0. The highest BCUT2D eigenvalue weighted by molar-refractivity contribution is 7.87. The number of anilines is 1. The molecule has 0 aromatic carbocycles. The third-order valence-electron chi connectivity index (χ3n) is 3.88. The monoisotopic (exact) mass is 327 g/mol. The molecule has 0 unspecified atom stereocenters. The number of aromatic nitrogens is 2. The zero-order valence-corrected chi connectivity index (χ0v) is 14.1. The summed E-state index contributed by atoms with van der Waals surface area (Å²) in [6.45, 7) is 4.13. The van der Waals surface area contributed by atoms with Crippen LogP contribution in [0.1, 0.15) is 32.6 Å². The summed E-state index contributed by atoms with van der Waals surface area (Å²) in [7, 11) is -1.75. The van der Waals surface area contributed by atoms with Crippen molar-refractivity contribution < 1.29 is 8.42 Å². The lowest BCUT2D eigenvalue weighted by Gasteiger charge is -2.33. The molecule has 1 aliphatic heterocycles. The molecule has 1 fully saturated rings. The van der Waals surface area contributed by atoms with Crippen molar-refractivity contribution >= 4 is 16.2 Å². The first kappa shape index (κ1) is 17.1. The molecule has 2 heterocycles. The van der Waals surface area contributed by atoms with E-state index >= 15 is 0 Å². The van der Waals surface area contributed by atoms with Gasteiger partial charge in [0.15, 0.2) is 0 Å². The lowest BCUT2D eigenvalue weighted by atomic mass is 10.1. The molecule has 0 bridgehead atoms. The van der Waals surface area contributed by atoms with Crippen molar-refractivity contribution in [2.24, 2.45) is 0 Å². The Morgan fingerprint density at radius 3 is 2.55 bits per heavy atom. The first-order valence-electron chi connectivity index (χ1n) is 7.78. The molecule has 1 aliphatic rings. The number of nitrogens with one attached hydrogen (secondary N) is 1. The molecule has 0 amide bonds. The van der Waals surface area contributed by atoms with Crippen molar-refractivity contribution in [2.75, 3.05) is 31.6 Å². The minimum absolute atomic E-state index is 0.0194. The fourth-order valence-corrected chi connectivity index (χ4v) is 3.66. The van der Waals surface area contributed by atoms with Crippen LogP contribution in [0.4, 0.5) is 5.95 Å². The summed E-state index contributed by atoms with van der Waals surface area (Å²) < 4.78 is 28.7. The van der Waals surface area contributed by atoms with Gasteiger partial charge in [-0.3, -0.25) is 0 Å². The second-order valence-electron chi connectivity index (χ2n) is 5.61. The van der Waals surface area contributed by atoms with E-state index in [4.69, 9.17) is 0 Å². The van der Waals surface area contributed by atoms with Gasteiger partial charge in [0, 0.05) is 45.1 Å². The molecule has 22 heavy (non-hydrogen) atoms. The molecule has 1 aromatic heterocycles. The molecule has 0 saturated carbocycles.